The summed E-state index contributed by atoms with van der Waals surface area (Å²) in [6, 6.07) is 18.3. The van der Waals surface area contributed by atoms with E-state index in [4.69, 9.17) is 14.2 Å². The summed E-state index contributed by atoms with van der Waals surface area (Å²) in [5, 5.41) is 2.57. The lowest BCUT2D eigenvalue weighted by Crippen LogP contribution is -2.44. The van der Waals surface area contributed by atoms with Crippen LogP contribution in [0.25, 0.3) is 0 Å². The highest BCUT2D eigenvalue weighted by atomic mass is 16.6. The number of esters is 1. The molecule has 1 amide bonds. The Morgan fingerprint density at radius 3 is 2.07 bits per heavy atom. The van der Waals surface area contributed by atoms with E-state index in [-0.39, 0.29) is 19.1 Å². The van der Waals surface area contributed by atoms with Gasteiger partial charge in [0.15, 0.2) is 0 Å². The third-order valence-corrected chi connectivity index (χ3v) is 4.13. The second kappa shape index (κ2) is 11.0. The average molecular weight is 371 g/mol. The number of ether oxygens (including phenoxy) is 3. The summed E-state index contributed by atoms with van der Waals surface area (Å²) in [6.45, 7) is 0.123. The topological polar surface area (TPSA) is 73.9 Å². The predicted molar refractivity (Wildman–Crippen MR) is 101 cm³/mol. The minimum absolute atomic E-state index is 0.123. The van der Waals surface area contributed by atoms with Crippen LogP contribution in [0.3, 0.4) is 0 Å². The molecule has 1 unspecified atom stereocenters. The maximum atomic E-state index is 12.1. The molecule has 0 aliphatic heterocycles. The van der Waals surface area contributed by atoms with Crippen LogP contribution in [0.15, 0.2) is 60.7 Å². The molecule has 0 fully saturated rings. The number of methoxy groups -OCH3 is 2. The van der Waals surface area contributed by atoms with Crippen molar-refractivity contribution in [3.8, 4) is 0 Å². The molecule has 0 heterocycles. The van der Waals surface area contributed by atoms with Crippen molar-refractivity contribution in [1.29, 1.82) is 0 Å². The Bertz CT molecular complexity index is 705. The molecule has 27 heavy (non-hydrogen) atoms. The number of rotatable bonds is 9. The molecule has 144 valence electrons. The largest absolute Gasteiger partial charge is 0.467 e. The predicted octanol–water partition coefficient (Wildman–Crippen LogP) is 3.10. The molecule has 2 aromatic rings. The zero-order valence-corrected chi connectivity index (χ0v) is 15.6. The Kier molecular flexibility index (Phi) is 8.32. The number of carbonyl (C=O) groups excluding carboxylic acids is 2. The van der Waals surface area contributed by atoms with E-state index in [1.807, 2.05) is 60.7 Å². The first-order valence-electron chi connectivity index (χ1n) is 8.74. The maximum absolute atomic E-state index is 12.1. The first-order valence-corrected chi connectivity index (χ1v) is 8.74. The van der Waals surface area contributed by atoms with Crippen LogP contribution < -0.4 is 5.32 Å². The normalized spacial score (nSPS) is 12.7. The fourth-order valence-corrected chi connectivity index (χ4v) is 2.67. The van der Waals surface area contributed by atoms with Gasteiger partial charge in [-0.3, -0.25) is 0 Å². The van der Waals surface area contributed by atoms with Crippen molar-refractivity contribution in [2.24, 2.45) is 0 Å². The first-order chi connectivity index (χ1) is 13.1. The van der Waals surface area contributed by atoms with Gasteiger partial charge in [-0.05, 0) is 17.5 Å². The average Bonchev–Trinajstić information content (AvgIpc) is 2.72. The molecule has 0 aromatic heterocycles. The summed E-state index contributed by atoms with van der Waals surface area (Å²) in [7, 11) is 2.86. The van der Waals surface area contributed by atoms with Crippen molar-refractivity contribution in [2.45, 2.75) is 31.6 Å². The van der Waals surface area contributed by atoms with Gasteiger partial charge in [-0.1, -0.05) is 60.7 Å². The van der Waals surface area contributed by atoms with Crippen LogP contribution >= 0.6 is 0 Å². The van der Waals surface area contributed by atoms with Gasteiger partial charge in [0, 0.05) is 13.5 Å². The summed E-state index contributed by atoms with van der Waals surface area (Å²) in [4.78, 5) is 24.2. The molecule has 0 saturated heterocycles. The van der Waals surface area contributed by atoms with Gasteiger partial charge in [0.05, 0.1) is 13.2 Å². The Balaban J connectivity index is 1.92. The Hall–Kier alpha value is -2.86. The fourth-order valence-electron chi connectivity index (χ4n) is 2.67. The van der Waals surface area contributed by atoms with Gasteiger partial charge >= 0.3 is 12.1 Å². The lowest BCUT2D eigenvalue weighted by Gasteiger charge is -2.22. The highest BCUT2D eigenvalue weighted by Crippen LogP contribution is 2.12. The molecule has 1 N–H and O–H groups in total. The standard InChI is InChI=1S/C21H25NO5/c1-25-18(13-16-9-5-3-6-10-16)14-19(20(23)26-2)22-21(24)27-15-17-11-7-4-8-12-17/h3-12,18-19H,13-15H2,1-2H3,(H,22,24)/t18?,19-/m0/s1. The van der Waals surface area contributed by atoms with Crippen molar-refractivity contribution in [3.63, 3.8) is 0 Å². The lowest BCUT2D eigenvalue weighted by molar-refractivity contribution is -0.144. The van der Waals surface area contributed by atoms with Gasteiger partial charge in [-0.2, -0.15) is 0 Å². The molecular weight excluding hydrogens is 346 g/mol. The third-order valence-electron chi connectivity index (χ3n) is 4.13. The van der Waals surface area contributed by atoms with Crippen LogP contribution in [-0.2, 0) is 32.0 Å². The highest BCUT2D eigenvalue weighted by molar-refractivity contribution is 5.81. The van der Waals surface area contributed by atoms with Crippen LogP contribution in [0.4, 0.5) is 4.79 Å². The molecular formula is C21H25NO5. The van der Waals surface area contributed by atoms with Gasteiger partial charge in [0.2, 0.25) is 0 Å². The minimum atomic E-state index is -0.855. The van der Waals surface area contributed by atoms with E-state index in [0.717, 1.165) is 11.1 Å². The van der Waals surface area contributed by atoms with E-state index >= 15 is 0 Å². The van der Waals surface area contributed by atoms with Crippen LogP contribution in [0.2, 0.25) is 0 Å². The van der Waals surface area contributed by atoms with Crippen LogP contribution in [0, 0.1) is 0 Å². The smallest absolute Gasteiger partial charge is 0.408 e. The molecule has 2 atom stereocenters. The maximum Gasteiger partial charge on any atom is 0.408 e. The van der Waals surface area contributed by atoms with Crippen molar-refractivity contribution in [1.82, 2.24) is 5.32 Å². The number of alkyl carbamates (subject to hydrolysis) is 1. The zero-order chi connectivity index (χ0) is 19.5. The minimum Gasteiger partial charge on any atom is -0.467 e. The van der Waals surface area contributed by atoms with E-state index < -0.39 is 18.1 Å². The van der Waals surface area contributed by atoms with Crippen LogP contribution in [-0.4, -0.2) is 38.4 Å². The summed E-state index contributed by atoms with van der Waals surface area (Å²) < 4.78 is 15.5. The fraction of sp³-hybridized carbons (Fsp3) is 0.333. The Labute approximate surface area is 159 Å². The molecule has 0 bridgehead atoms. The van der Waals surface area contributed by atoms with E-state index in [9.17, 15) is 9.59 Å². The van der Waals surface area contributed by atoms with Gasteiger partial charge in [-0.15, -0.1) is 0 Å². The highest BCUT2D eigenvalue weighted by Gasteiger charge is 2.26. The SMILES string of the molecule is COC(=O)[C@H](CC(Cc1ccccc1)OC)NC(=O)OCc1ccccc1. The number of benzene rings is 2. The molecule has 2 rings (SSSR count). The summed E-state index contributed by atoms with van der Waals surface area (Å²) >= 11 is 0. The van der Waals surface area contributed by atoms with Crippen LogP contribution in [0.5, 0.6) is 0 Å². The van der Waals surface area contributed by atoms with Crippen molar-refractivity contribution < 1.29 is 23.8 Å². The van der Waals surface area contributed by atoms with Gasteiger partial charge < -0.3 is 19.5 Å². The van der Waals surface area contributed by atoms with Crippen molar-refractivity contribution in [3.05, 3.63) is 71.8 Å². The van der Waals surface area contributed by atoms with Crippen molar-refractivity contribution >= 4 is 12.1 Å². The summed E-state index contributed by atoms with van der Waals surface area (Å²) in [6.07, 6.45) is -0.0425. The Morgan fingerprint density at radius 1 is 0.926 bits per heavy atom. The lowest BCUT2D eigenvalue weighted by atomic mass is 10.0. The number of nitrogens with one attached hydrogen (secondary N) is 1. The van der Waals surface area contributed by atoms with Gasteiger partial charge in [0.1, 0.15) is 12.6 Å². The summed E-state index contributed by atoms with van der Waals surface area (Å²) in [5.41, 5.74) is 1.95. The molecule has 0 radical (unpaired) electrons. The van der Waals surface area contributed by atoms with Gasteiger partial charge in [-0.25, -0.2) is 9.59 Å². The zero-order valence-electron chi connectivity index (χ0n) is 15.6. The molecule has 6 heteroatoms. The van der Waals surface area contributed by atoms with Gasteiger partial charge in [0.25, 0.3) is 0 Å². The quantitative estimate of drug-likeness (QED) is 0.686. The number of hydrogen-bond acceptors (Lipinski definition) is 5. The first kappa shape index (κ1) is 20.5. The van der Waals surface area contributed by atoms with E-state index in [2.05, 4.69) is 5.32 Å². The van der Waals surface area contributed by atoms with E-state index in [0.29, 0.717) is 6.42 Å². The van der Waals surface area contributed by atoms with E-state index in [1.54, 1.807) is 7.11 Å². The molecule has 0 spiro atoms. The molecule has 6 nitrogen and oxygen atoms in total. The number of carbonyl (C=O) groups is 2. The molecule has 0 saturated carbocycles. The monoisotopic (exact) mass is 371 g/mol. The molecule has 0 aliphatic carbocycles. The van der Waals surface area contributed by atoms with Crippen molar-refractivity contribution in [2.75, 3.05) is 14.2 Å². The number of amides is 1. The third kappa shape index (κ3) is 7.11. The van der Waals surface area contributed by atoms with Crippen LogP contribution in [0.1, 0.15) is 17.5 Å². The second-order valence-electron chi connectivity index (χ2n) is 6.06. The summed E-state index contributed by atoms with van der Waals surface area (Å²) in [5.74, 6) is -0.540. The molecule has 2 aromatic carbocycles. The van der Waals surface area contributed by atoms with E-state index in [1.165, 1.54) is 7.11 Å². The molecule has 0 aliphatic rings. The second-order valence-corrected chi connectivity index (χ2v) is 6.06. The number of hydrogen-bond donors (Lipinski definition) is 1. The Morgan fingerprint density at radius 2 is 1.52 bits per heavy atom.